The lowest BCUT2D eigenvalue weighted by molar-refractivity contribution is -0.0451. The molecule has 2 unspecified atom stereocenters. The number of hydrogen-bond acceptors (Lipinski definition) is 6. The SMILES string of the molecule is Cc1cc(C(=O)N2CCCC3(CC(CNc4ccncc4)CO3)C2)no1. The van der Waals surface area contributed by atoms with E-state index in [1.54, 1.807) is 25.4 Å². The first-order valence-corrected chi connectivity index (χ1v) is 9.14. The van der Waals surface area contributed by atoms with Crippen LogP contribution in [0.15, 0.2) is 35.1 Å². The summed E-state index contributed by atoms with van der Waals surface area (Å²) in [6.07, 6.45) is 6.48. The number of nitrogens with one attached hydrogen (secondary N) is 1. The summed E-state index contributed by atoms with van der Waals surface area (Å²) in [6, 6.07) is 5.62. The van der Waals surface area contributed by atoms with Crippen molar-refractivity contribution in [2.45, 2.75) is 31.8 Å². The molecule has 1 amide bonds. The zero-order valence-electron chi connectivity index (χ0n) is 15.0. The second-order valence-electron chi connectivity index (χ2n) is 7.33. The average molecular weight is 356 g/mol. The van der Waals surface area contributed by atoms with E-state index in [0.717, 1.165) is 44.6 Å². The molecule has 1 spiro atoms. The van der Waals surface area contributed by atoms with Crippen LogP contribution in [0.4, 0.5) is 5.69 Å². The highest BCUT2D eigenvalue weighted by molar-refractivity contribution is 5.92. The maximum Gasteiger partial charge on any atom is 0.276 e. The molecule has 2 saturated heterocycles. The summed E-state index contributed by atoms with van der Waals surface area (Å²) in [7, 11) is 0. The molecule has 0 radical (unpaired) electrons. The van der Waals surface area contributed by atoms with E-state index in [4.69, 9.17) is 9.26 Å². The number of nitrogens with zero attached hydrogens (tertiary/aromatic N) is 3. The largest absolute Gasteiger partial charge is 0.385 e. The van der Waals surface area contributed by atoms with Crippen molar-refractivity contribution < 1.29 is 14.1 Å². The fraction of sp³-hybridized carbons (Fsp3) is 0.526. The van der Waals surface area contributed by atoms with Crippen LogP contribution in [0.25, 0.3) is 0 Å². The van der Waals surface area contributed by atoms with Gasteiger partial charge in [-0.3, -0.25) is 9.78 Å². The van der Waals surface area contributed by atoms with Gasteiger partial charge in [-0.05, 0) is 38.3 Å². The van der Waals surface area contributed by atoms with Crippen molar-refractivity contribution in [2.75, 3.05) is 31.6 Å². The Labute approximate surface area is 152 Å². The number of aryl methyl sites for hydroxylation is 1. The van der Waals surface area contributed by atoms with Gasteiger partial charge in [0.05, 0.1) is 18.8 Å². The van der Waals surface area contributed by atoms with Crippen LogP contribution in [0.3, 0.4) is 0 Å². The Morgan fingerprint density at radius 3 is 3.04 bits per heavy atom. The van der Waals surface area contributed by atoms with Crippen LogP contribution in [0.1, 0.15) is 35.5 Å². The molecule has 2 aliphatic heterocycles. The predicted molar refractivity (Wildman–Crippen MR) is 95.9 cm³/mol. The number of amides is 1. The molecule has 7 heteroatoms. The second kappa shape index (κ2) is 7.07. The van der Waals surface area contributed by atoms with E-state index in [0.29, 0.717) is 23.9 Å². The van der Waals surface area contributed by atoms with Gasteiger partial charge in [0.2, 0.25) is 0 Å². The molecule has 26 heavy (non-hydrogen) atoms. The Morgan fingerprint density at radius 1 is 1.42 bits per heavy atom. The molecular formula is C19H24N4O3. The zero-order valence-corrected chi connectivity index (χ0v) is 15.0. The Hall–Kier alpha value is -2.41. The molecule has 2 atom stereocenters. The number of hydrogen-bond donors (Lipinski definition) is 1. The topological polar surface area (TPSA) is 80.5 Å². The van der Waals surface area contributed by atoms with Crippen LogP contribution in [0.5, 0.6) is 0 Å². The van der Waals surface area contributed by atoms with E-state index < -0.39 is 0 Å². The van der Waals surface area contributed by atoms with E-state index in [1.165, 1.54) is 0 Å². The van der Waals surface area contributed by atoms with Crippen molar-refractivity contribution in [1.29, 1.82) is 0 Å². The van der Waals surface area contributed by atoms with Crippen LogP contribution in [0.2, 0.25) is 0 Å². The Morgan fingerprint density at radius 2 is 2.27 bits per heavy atom. The van der Waals surface area contributed by atoms with Gasteiger partial charge in [-0.2, -0.15) is 0 Å². The minimum atomic E-state index is -0.225. The van der Waals surface area contributed by atoms with Crippen molar-refractivity contribution >= 4 is 11.6 Å². The first-order chi connectivity index (χ1) is 12.6. The summed E-state index contributed by atoms with van der Waals surface area (Å²) < 4.78 is 11.3. The number of pyridine rings is 1. The number of aromatic nitrogens is 2. The van der Waals surface area contributed by atoms with Gasteiger partial charge in [-0.25, -0.2) is 0 Å². The van der Waals surface area contributed by atoms with Gasteiger partial charge in [0.25, 0.3) is 5.91 Å². The molecule has 4 rings (SSSR count). The lowest BCUT2D eigenvalue weighted by Gasteiger charge is -2.39. The fourth-order valence-electron chi connectivity index (χ4n) is 3.99. The molecule has 7 nitrogen and oxygen atoms in total. The molecular weight excluding hydrogens is 332 g/mol. The summed E-state index contributed by atoms with van der Waals surface area (Å²) in [5, 5.41) is 7.31. The molecule has 0 aromatic carbocycles. The van der Waals surface area contributed by atoms with E-state index in [-0.39, 0.29) is 11.5 Å². The molecule has 4 heterocycles. The number of rotatable bonds is 4. The normalized spacial score (nSPS) is 25.6. The van der Waals surface area contributed by atoms with Crippen LogP contribution in [-0.2, 0) is 4.74 Å². The molecule has 2 aliphatic rings. The zero-order chi connectivity index (χ0) is 18.0. The van der Waals surface area contributed by atoms with Gasteiger partial charge in [0.15, 0.2) is 5.69 Å². The number of likely N-dealkylation sites (tertiary alicyclic amines) is 1. The number of ether oxygens (including phenoxy) is 1. The van der Waals surface area contributed by atoms with Crippen LogP contribution >= 0.6 is 0 Å². The molecule has 138 valence electrons. The van der Waals surface area contributed by atoms with Gasteiger partial charge in [0, 0.05) is 43.2 Å². The minimum absolute atomic E-state index is 0.0668. The first-order valence-electron chi connectivity index (χ1n) is 9.14. The van der Waals surface area contributed by atoms with E-state index in [9.17, 15) is 4.79 Å². The van der Waals surface area contributed by atoms with Crippen molar-refractivity contribution in [3.05, 3.63) is 42.0 Å². The summed E-state index contributed by atoms with van der Waals surface area (Å²) in [5.74, 6) is 1.02. The van der Waals surface area contributed by atoms with Crippen molar-refractivity contribution in [2.24, 2.45) is 5.92 Å². The second-order valence-corrected chi connectivity index (χ2v) is 7.33. The molecule has 0 aliphatic carbocycles. The number of anilines is 1. The van der Waals surface area contributed by atoms with Crippen molar-refractivity contribution in [3.8, 4) is 0 Å². The molecule has 2 aromatic heterocycles. The summed E-state index contributed by atoms with van der Waals surface area (Å²) >= 11 is 0. The highest BCUT2D eigenvalue weighted by Gasteiger charge is 2.44. The van der Waals surface area contributed by atoms with Crippen LogP contribution in [0, 0.1) is 12.8 Å². The summed E-state index contributed by atoms with van der Waals surface area (Å²) in [5.41, 5.74) is 1.23. The molecule has 0 saturated carbocycles. The monoisotopic (exact) mass is 356 g/mol. The standard InChI is InChI=1S/C19H24N4O3/c1-14-9-17(22-26-14)18(24)23-8-2-5-19(13-23)10-15(12-25-19)11-21-16-3-6-20-7-4-16/h3-4,6-7,9,15H,2,5,8,10-13H2,1H3,(H,20,21). The minimum Gasteiger partial charge on any atom is -0.385 e. The first kappa shape index (κ1) is 17.0. The van der Waals surface area contributed by atoms with Crippen molar-refractivity contribution in [3.63, 3.8) is 0 Å². The predicted octanol–water partition coefficient (Wildman–Crippen LogP) is 2.50. The van der Waals surface area contributed by atoms with Gasteiger partial charge >= 0.3 is 0 Å². The Balaban J connectivity index is 1.35. The third kappa shape index (κ3) is 3.58. The maximum absolute atomic E-state index is 12.7. The van der Waals surface area contributed by atoms with E-state index in [1.807, 2.05) is 17.0 Å². The summed E-state index contributed by atoms with van der Waals surface area (Å²) in [4.78, 5) is 18.6. The molecule has 0 bridgehead atoms. The average Bonchev–Trinajstić information content (AvgIpc) is 3.27. The lowest BCUT2D eigenvalue weighted by atomic mass is 9.86. The van der Waals surface area contributed by atoms with Crippen LogP contribution in [-0.4, -0.2) is 52.8 Å². The van der Waals surface area contributed by atoms with E-state index in [2.05, 4.69) is 15.5 Å². The fourth-order valence-corrected chi connectivity index (χ4v) is 3.99. The van der Waals surface area contributed by atoms with Gasteiger partial charge in [-0.15, -0.1) is 0 Å². The highest BCUT2D eigenvalue weighted by atomic mass is 16.5. The quantitative estimate of drug-likeness (QED) is 0.907. The number of carbonyl (C=O) groups is 1. The number of carbonyl (C=O) groups excluding carboxylic acids is 1. The van der Waals surface area contributed by atoms with Gasteiger partial charge in [0.1, 0.15) is 5.76 Å². The highest BCUT2D eigenvalue weighted by Crippen LogP contribution is 2.37. The summed E-state index contributed by atoms with van der Waals surface area (Å²) in [6.45, 7) is 4.76. The third-order valence-corrected chi connectivity index (χ3v) is 5.23. The lowest BCUT2D eigenvalue weighted by Crippen LogP contribution is -2.50. The molecule has 1 N–H and O–H groups in total. The van der Waals surface area contributed by atoms with Crippen LogP contribution < -0.4 is 5.32 Å². The van der Waals surface area contributed by atoms with Gasteiger partial charge < -0.3 is 19.5 Å². The smallest absolute Gasteiger partial charge is 0.276 e. The molecule has 2 aromatic rings. The third-order valence-electron chi connectivity index (χ3n) is 5.23. The molecule has 2 fully saturated rings. The maximum atomic E-state index is 12.7. The van der Waals surface area contributed by atoms with E-state index >= 15 is 0 Å². The Bertz CT molecular complexity index is 763. The Kier molecular flexibility index (Phi) is 4.63. The van der Waals surface area contributed by atoms with Gasteiger partial charge in [-0.1, -0.05) is 5.16 Å². The van der Waals surface area contributed by atoms with Crippen molar-refractivity contribution in [1.82, 2.24) is 15.0 Å². The number of piperidine rings is 1.